The fourth-order valence-electron chi connectivity index (χ4n) is 2.55. The van der Waals surface area contributed by atoms with Crippen molar-refractivity contribution in [2.24, 2.45) is 0 Å². The molecule has 0 aliphatic rings. The molecule has 0 aliphatic carbocycles. The molecule has 0 saturated heterocycles. The summed E-state index contributed by atoms with van der Waals surface area (Å²) < 4.78 is 15.0. The largest absolute Gasteiger partial charge is 0.322 e. The molecular weight excluding hydrogens is 293 g/mol. The van der Waals surface area contributed by atoms with Crippen molar-refractivity contribution in [2.45, 2.75) is 13.8 Å². The average molecular weight is 309 g/mol. The Morgan fingerprint density at radius 1 is 1.09 bits per heavy atom. The van der Waals surface area contributed by atoms with Crippen LogP contribution in [0.3, 0.4) is 0 Å². The number of nitrogens with one attached hydrogen (secondary N) is 1. The van der Waals surface area contributed by atoms with Crippen LogP contribution in [-0.4, -0.2) is 15.7 Å². The molecule has 1 N–H and O–H groups in total. The molecule has 2 aromatic carbocycles. The van der Waals surface area contributed by atoms with E-state index in [1.54, 1.807) is 23.7 Å². The van der Waals surface area contributed by atoms with Crippen LogP contribution in [0.1, 0.15) is 21.7 Å². The highest BCUT2D eigenvalue weighted by Crippen LogP contribution is 2.19. The van der Waals surface area contributed by atoms with Crippen molar-refractivity contribution < 1.29 is 9.18 Å². The van der Waals surface area contributed by atoms with E-state index in [2.05, 4.69) is 10.4 Å². The Labute approximate surface area is 133 Å². The van der Waals surface area contributed by atoms with Gasteiger partial charge in [0.2, 0.25) is 0 Å². The number of rotatable bonds is 3. The van der Waals surface area contributed by atoms with E-state index in [1.165, 1.54) is 12.1 Å². The molecule has 0 radical (unpaired) electrons. The summed E-state index contributed by atoms with van der Waals surface area (Å²) in [4.78, 5) is 12.5. The molecule has 1 heterocycles. The lowest BCUT2D eigenvalue weighted by molar-refractivity contribution is 0.102. The fraction of sp³-hybridized carbons (Fsp3) is 0.111. The van der Waals surface area contributed by atoms with Gasteiger partial charge in [-0.3, -0.25) is 4.79 Å². The first-order valence-electron chi connectivity index (χ1n) is 7.25. The Bertz CT molecular complexity index is 856. The number of para-hydroxylation sites is 1. The van der Waals surface area contributed by atoms with E-state index in [9.17, 15) is 9.18 Å². The van der Waals surface area contributed by atoms with E-state index in [-0.39, 0.29) is 5.91 Å². The van der Waals surface area contributed by atoms with Crippen LogP contribution in [0.4, 0.5) is 10.1 Å². The zero-order chi connectivity index (χ0) is 16.4. The van der Waals surface area contributed by atoms with Gasteiger partial charge in [0, 0.05) is 5.69 Å². The molecule has 23 heavy (non-hydrogen) atoms. The number of aromatic nitrogens is 2. The van der Waals surface area contributed by atoms with Crippen molar-refractivity contribution in [1.82, 2.24) is 9.78 Å². The van der Waals surface area contributed by atoms with E-state index >= 15 is 0 Å². The van der Waals surface area contributed by atoms with Gasteiger partial charge in [0.25, 0.3) is 5.91 Å². The Balaban J connectivity index is 1.94. The first kappa shape index (κ1) is 15.0. The van der Waals surface area contributed by atoms with Crippen LogP contribution in [-0.2, 0) is 0 Å². The smallest absolute Gasteiger partial charge is 0.259 e. The number of carbonyl (C=O) groups is 1. The van der Waals surface area contributed by atoms with Crippen LogP contribution >= 0.6 is 0 Å². The van der Waals surface area contributed by atoms with E-state index in [0.717, 1.165) is 11.4 Å². The molecule has 0 aliphatic heterocycles. The number of nitrogens with zero attached hydrogens (tertiary/aromatic N) is 2. The van der Waals surface area contributed by atoms with Crippen molar-refractivity contribution >= 4 is 11.6 Å². The summed E-state index contributed by atoms with van der Waals surface area (Å²) in [6.45, 7) is 3.63. The molecule has 4 nitrogen and oxygen atoms in total. The predicted octanol–water partition coefficient (Wildman–Crippen LogP) is 3.88. The summed E-state index contributed by atoms with van der Waals surface area (Å²) in [5.74, 6) is -0.691. The van der Waals surface area contributed by atoms with Crippen molar-refractivity contribution in [1.29, 1.82) is 0 Å². The molecule has 3 aromatic rings. The topological polar surface area (TPSA) is 46.9 Å². The number of carbonyl (C=O) groups excluding carboxylic acids is 1. The minimum Gasteiger partial charge on any atom is -0.322 e. The quantitative estimate of drug-likeness (QED) is 0.798. The van der Waals surface area contributed by atoms with Crippen molar-refractivity contribution in [3.63, 3.8) is 0 Å². The summed E-state index contributed by atoms with van der Waals surface area (Å²) in [7, 11) is 0. The molecule has 0 atom stereocenters. The molecule has 1 amide bonds. The third kappa shape index (κ3) is 2.99. The number of benzene rings is 2. The predicted molar refractivity (Wildman–Crippen MR) is 87.4 cm³/mol. The van der Waals surface area contributed by atoms with E-state index < -0.39 is 5.82 Å². The molecule has 3 rings (SSSR count). The molecule has 116 valence electrons. The van der Waals surface area contributed by atoms with Gasteiger partial charge in [0.15, 0.2) is 0 Å². The summed E-state index contributed by atoms with van der Waals surface area (Å²) in [6, 6.07) is 15.4. The van der Waals surface area contributed by atoms with Crippen molar-refractivity contribution in [3.05, 3.63) is 77.4 Å². The first-order valence-corrected chi connectivity index (χ1v) is 7.25. The lowest BCUT2D eigenvalue weighted by Gasteiger charge is -2.07. The molecule has 0 saturated carbocycles. The van der Waals surface area contributed by atoms with E-state index in [1.807, 2.05) is 37.3 Å². The Morgan fingerprint density at radius 3 is 2.52 bits per heavy atom. The monoisotopic (exact) mass is 309 g/mol. The van der Waals surface area contributed by atoms with Gasteiger partial charge in [-0.05, 0) is 44.2 Å². The molecule has 5 heteroatoms. The SMILES string of the molecule is Cc1nn(-c2ccccc2)c(C)c1C(=O)Nc1cccc(F)c1. The summed E-state index contributed by atoms with van der Waals surface area (Å²) in [6.07, 6.45) is 0. The van der Waals surface area contributed by atoms with Gasteiger partial charge in [-0.2, -0.15) is 5.10 Å². The Morgan fingerprint density at radius 2 is 1.83 bits per heavy atom. The molecule has 0 unspecified atom stereocenters. The third-order valence-electron chi connectivity index (χ3n) is 3.60. The van der Waals surface area contributed by atoms with Crippen LogP contribution < -0.4 is 5.32 Å². The van der Waals surface area contributed by atoms with Crippen LogP contribution in [0.5, 0.6) is 0 Å². The van der Waals surface area contributed by atoms with Crippen molar-refractivity contribution in [2.75, 3.05) is 5.32 Å². The zero-order valence-electron chi connectivity index (χ0n) is 12.9. The standard InChI is InChI=1S/C18H16FN3O/c1-12-17(18(23)20-15-8-6-7-14(19)11-15)13(2)22(21-12)16-9-4-3-5-10-16/h3-11H,1-2H3,(H,20,23). The van der Waals surface area contributed by atoms with Crippen LogP contribution in [0.25, 0.3) is 5.69 Å². The lowest BCUT2D eigenvalue weighted by Crippen LogP contribution is -2.14. The molecule has 1 aromatic heterocycles. The maximum atomic E-state index is 13.2. The summed E-state index contributed by atoms with van der Waals surface area (Å²) in [5, 5.41) is 7.16. The fourth-order valence-corrected chi connectivity index (χ4v) is 2.55. The second kappa shape index (κ2) is 6.04. The molecule has 0 spiro atoms. The second-order valence-electron chi connectivity index (χ2n) is 5.26. The van der Waals surface area contributed by atoms with E-state index in [4.69, 9.17) is 0 Å². The van der Waals surface area contributed by atoms with Crippen LogP contribution in [0.15, 0.2) is 54.6 Å². The minimum atomic E-state index is -0.392. The minimum absolute atomic E-state index is 0.298. The molecule has 0 fully saturated rings. The van der Waals surface area contributed by atoms with Crippen molar-refractivity contribution in [3.8, 4) is 5.69 Å². The number of amides is 1. The lowest BCUT2D eigenvalue weighted by atomic mass is 10.1. The number of hydrogen-bond donors (Lipinski definition) is 1. The van der Waals surface area contributed by atoms with Gasteiger partial charge < -0.3 is 5.32 Å². The number of anilines is 1. The van der Waals surface area contributed by atoms with E-state index in [0.29, 0.717) is 16.9 Å². The number of aryl methyl sites for hydroxylation is 1. The average Bonchev–Trinajstić information content (AvgIpc) is 2.83. The second-order valence-corrected chi connectivity index (χ2v) is 5.26. The number of hydrogen-bond acceptors (Lipinski definition) is 2. The Hall–Kier alpha value is -2.95. The molecule has 0 bridgehead atoms. The van der Waals surface area contributed by atoms with Crippen LogP contribution in [0.2, 0.25) is 0 Å². The van der Waals surface area contributed by atoms with Gasteiger partial charge >= 0.3 is 0 Å². The van der Waals surface area contributed by atoms with Gasteiger partial charge in [0.05, 0.1) is 22.6 Å². The third-order valence-corrected chi connectivity index (χ3v) is 3.60. The van der Waals surface area contributed by atoms with Gasteiger partial charge in [-0.15, -0.1) is 0 Å². The summed E-state index contributed by atoms with van der Waals surface area (Å²) in [5.41, 5.74) is 3.17. The highest BCUT2D eigenvalue weighted by atomic mass is 19.1. The highest BCUT2D eigenvalue weighted by Gasteiger charge is 2.19. The molecular formula is C18H16FN3O. The van der Waals surface area contributed by atoms with Gasteiger partial charge in [-0.25, -0.2) is 9.07 Å². The maximum Gasteiger partial charge on any atom is 0.259 e. The zero-order valence-corrected chi connectivity index (χ0v) is 12.9. The van der Waals surface area contributed by atoms with Gasteiger partial charge in [-0.1, -0.05) is 24.3 Å². The normalized spacial score (nSPS) is 10.6. The van der Waals surface area contributed by atoms with Gasteiger partial charge in [0.1, 0.15) is 5.82 Å². The first-order chi connectivity index (χ1) is 11.1. The highest BCUT2D eigenvalue weighted by molar-refractivity contribution is 6.05. The number of halogens is 1. The Kier molecular flexibility index (Phi) is 3.93. The summed E-state index contributed by atoms with van der Waals surface area (Å²) >= 11 is 0. The van der Waals surface area contributed by atoms with Crippen LogP contribution in [0, 0.1) is 19.7 Å². The maximum absolute atomic E-state index is 13.2.